The Morgan fingerprint density at radius 3 is 2.41 bits per heavy atom. The van der Waals surface area contributed by atoms with Gasteiger partial charge in [0, 0.05) is 19.1 Å². The molecule has 2 amide bonds. The highest BCUT2D eigenvalue weighted by Crippen LogP contribution is 2.17. The second kappa shape index (κ2) is 6.00. The SMILES string of the molecule is O=C(CNC(=O)C1CNC1)NC1CCCCC1. The third kappa shape index (κ3) is 3.70. The Morgan fingerprint density at radius 2 is 1.82 bits per heavy atom. The minimum absolute atomic E-state index is 0.0115. The van der Waals surface area contributed by atoms with Gasteiger partial charge in [-0.05, 0) is 12.8 Å². The molecule has 1 aliphatic carbocycles. The summed E-state index contributed by atoms with van der Waals surface area (Å²) in [5.74, 6) is -0.0162. The molecule has 0 aromatic rings. The van der Waals surface area contributed by atoms with Crippen molar-refractivity contribution in [1.29, 1.82) is 0 Å². The molecular weight excluding hydrogens is 218 g/mol. The zero-order valence-electron chi connectivity index (χ0n) is 10.1. The van der Waals surface area contributed by atoms with Gasteiger partial charge in [-0.15, -0.1) is 0 Å². The highest BCUT2D eigenvalue weighted by molar-refractivity contribution is 5.86. The van der Waals surface area contributed by atoms with Crippen molar-refractivity contribution < 1.29 is 9.59 Å². The van der Waals surface area contributed by atoms with E-state index in [0.717, 1.165) is 25.9 Å². The second-order valence-corrected chi connectivity index (χ2v) is 4.98. The average molecular weight is 239 g/mol. The van der Waals surface area contributed by atoms with E-state index in [9.17, 15) is 9.59 Å². The van der Waals surface area contributed by atoms with Crippen molar-refractivity contribution in [2.24, 2.45) is 5.92 Å². The summed E-state index contributed by atoms with van der Waals surface area (Å²) in [7, 11) is 0. The number of amides is 2. The molecule has 0 spiro atoms. The van der Waals surface area contributed by atoms with Gasteiger partial charge in [0.25, 0.3) is 0 Å². The summed E-state index contributed by atoms with van der Waals surface area (Å²) in [6.07, 6.45) is 5.83. The van der Waals surface area contributed by atoms with Gasteiger partial charge in [-0.1, -0.05) is 19.3 Å². The van der Waals surface area contributed by atoms with E-state index in [0.29, 0.717) is 6.04 Å². The van der Waals surface area contributed by atoms with Crippen LogP contribution in [-0.4, -0.2) is 37.5 Å². The molecule has 0 aromatic carbocycles. The summed E-state index contributed by atoms with van der Waals surface area (Å²) in [5.41, 5.74) is 0. The van der Waals surface area contributed by atoms with E-state index in [2.05, 4.69) is 16.0 Å². The summed E-state index contributed by atoms with van der Waals surface area (Å²) in [6, 6.07) is 0.318. The fraction of sp³-hybridized carbons (Fsp3) is 0.833. The van der Waals surface area contributed by atoms with Crippen LogP contribution in [-0.2, 0) is 9.59 Å². The molecule has 1 saturated carbocycles. The molecule has 2 aliphatic rings. The van der Waals surface area contributed by atoms with Crippen molar-refractivity contribution >= 4 is 11.8 Å². The maximum Gasteiger partial charge on any atom is 0.239 e. The summed E-state index contributed by atoms with van der Waals surface area (Å²) < 4.78 is 0. The average Bonchev–Trinajstić information content (AvgIpc) is 2.25. The molecule has 1 saturated heterocycles. The Morgan fingerprint density at radius 1 is 1.12 bits per heavy atom. The number of rotatable bonds is 4. The van der Waals surface area contributed by atoms with Crippen molar-refractivity contribution in [3.8, 4) is 0 Å². The summed E-state index contributed by atoms with van der Waals surface area (Å²) in [6.45, 7) is 1.58. The van der Waals surface area contributed by atoms with Crippen molar-refractivity contribution in [1.82, 2.24) is 16.0 Å². The van der Waals surface area contributed by atoms with Crippen molar-refractivity contribution in [3.05, 3.63) is 0 Å². The van der Waals surface area contributed by atoms with Crippen LogP contribution in [0.1, 0.15) is 32.1 Å². The monoisotopic (exact) mass is 239 g/mol. The van der Waals surface area contributed by atoms with E-state index in [4.69, 9.17) is 0 Å². The topological polar surface area (TPSA) is 70.2 Å². The zero-order chi connectivity index (χ0) is 12.1. The molecule has 0 aromatic heterocycles. The maximum atomic E-state index is 11.6. The lowest BCUT2D eigenvalue weighted by Gasteiger charge is -2.26. The van der Waals surface area contributed by atoms with E-state index in [1.165, 1.54) is 19.3 Å². The Hall–Kier alpha value is -1.10. The van der Waals surface area contributed by atoms with E-state index >= 15 is 0 Å². The van der Waals surface area contributed by atoms with E-state index in [-0.39, 0.29) is 24.3 Å². The largest absolute Gasteiger partial charge is 0.352 e. The summed E-state index contributed by atoms with van der Waals surface area (Å²) in [4.78, 5) is 23.1. The smallest absolute Gasteiger partial charge is 0.239 e. The third-order valence-corrected chi connectivity index (χ3v) is 3.55. The maximum absolute atomic E-state index is 11.6. The Kier molecular flexibility index (Phi) is 4.36. The van der Waals surface area contributed by atoms with Gasteiger partial charge in [-0.2, -0.15) is 0 Å². The molecule has 3 N–H and O–H groups in total. The van der Waals surface area contributed by atoms with Crippen molar-refractivity contribution in [3.63, 3.8) is 0 Å². The normalized spacial score (nSPS) is 21.6. The summed E-state index contributed by atoms with van der Waals surface area (Å²) in [5, 5.41) is 8.70. The van der Waals surface area contributed by atoms with Gasteiger partial charge < -0.3 is 16.0 Å². The second-order valence-electron chi connectivity index (χ2n) is 4.98. The Bertz CT molecular complexity index is 283. The number of nitrogens with one attached hydrogen (secondary N) is 3. The molecule has 5 nitrogen and oxygen atoms in total. The van der Waals surface area contributed by atoms with Crippen LogP contribution in [0.15, 0.2) is 0 Å². The molecule has 2 fully saturated rings. The Balaban J connectivity index is 1.61. The Labute approximate surface area is 102 Å². The van der Waals surface area contributed by atoms with Gasteiger partial charge in [-0.3, -0.25) is 9.59 Å². The lowest BCUT2D eigenvalue weighted by molar-refractivity contribution is -0.129. The van der Waals surface area contributed by atoms with E-state index in [1.54, 1.807) is 0 Å². The molecule has 17 heavy (non-hydrogen) atoms. The van der Waals surface area contributed by atoms with Crippen LogP contribution in [0.5, 0.6) is 0 Å². The van der Waals surface area contributed by atoms with Crippen LogP contribution in [0.25, 0.3) is 0 Å². The molecule has 0 unspecified atom stereocenters. The van der Waals surface area contributed by atoms with Gasteiger partial charge in [0.1, 0.15) is 0 Å². The molecule has 1 heterocycles. The van der Waals surface area contributed by atoms with Crippen LogP contribution in [0.2, 0.25) is 0 Å². The first-order valence-electron chi connectivity index (χ1n) is 6.53. The quantitative estimate of drug-likeness (QED) is 0.635. The van der Waals surface area contributed by atoms with Gasteiger partial charge in [-0.25, -0.2) is 0 Å². The van der Waals surface area contributed by atoms with Crippen LogP contribution < -0.4 is 16.0 Å². The standard InChI is InChI=1S/C12H21N3O2/c16-11(15-10-4-2-1-3-5-10)8-14-12(17)9-6-13-7-9/h9-10,13H,1-8H2,(H,14,17)(H,15,16). The molecule has 0 atom stereocenters. The predicted molar refractivity (Wildman–Crippen MR) is 64.4 cm³/mol. The molecule has 0 bridgehead atoms. The van der Waals surface area contributed by atoms with Crippen molar-refractivity contribution in [2.45, 2.75) is 38.1 Å². The van der Waals surface area contributed by atoms with Crippen LogP contribution in [0.4, 0.5) is 0 Å². The van der Waals surface area contributed by atoms with Crippen LogP contribution in [0.3, 0.4) is 0 Å². The van der Waals surface area contributed by atoms with Gasteiger partial charge in [0.2, 0.25) is 11.8 Å². The number of hydrogen-bond acceptors (Lipinski definition) is 3. The van der Waals surface area contributed by atoms with E-state index < -0.39 is 0 Å². The molecule has 96 valence electrons. The first-order valence-corrected chi connectivity index (χ1v) is 6.53. The number of carbonyl (C=O) groups is 2. The minimum atomic E-state index is -0.0578. The molecular formula is C12H21N3O2. The minimum Gasteiger partial charge on any atom is -0.352 e. The van der Waals surface area contributed by atoms with Crippen LogP contribution in [0, 0.1) is 5.92 Å². The zero-order valence-corrected chi connectivity index (χ0v) is 10.1. The first kappa shape index (κ1) is 12.4. The fourth-order valence-electron chi connectivity index (χ4n) is 2.31. The lowest BCUT2D eigenvalue weighted by atomic mass is 9.95. The molecule has 0 radical (unpaired) electrons. The predicted octanol–water partition coefficient (Wildman–Crippen LogP) is -0.229. The van der Waals surface area contributed by atoms with Gasteiger partial charge in [0.05, 0.1) is 12.5 Å². The van der Waals surface area contributed by atoms with Crippen LogP contribution >= 0.6 is 0 Å². The first-order chi connectivity index (χ1) is 8.25. The van der Waals surface area contributed by atoms with Crippen molar-refractivity contribution in [2.75, 3.05) is 19.6 Å². The molecule has 5 heteroatoms. The van der Waals surface area contributed by atoms with Gasteiger partial charge >= 0.3 is 0 Å². The highest BCUT2D eigenvalue weighted by atomic mass is 16.2. The third-order valence-electron chi connectivity index (χ3n) is 3.55. The summed E-state index contributed by atoms with van der Waals surface area (Å²) >= 11 is 0. The highest BCUT2D eigenvalue weighted by Gasteiger charge is 2.25. The van der Waals surface area contributed by atoms with E-state index in [1.807, 2.05) is 0 Å². The molecule has 1 aliphatic heterocycles. The lowest BCUT2D eigenvalue weighted by Crippen LogP contribution is -2.52. The molecule has 2 rings (SSSR count). The van der Waals surface area contributed by atoms with Gasteiger partial charge in [0.15, 0.2) is 0 Å². The number of hydrogen-bond donors (Lipinski definition) is 3. The fourth-order valence-corrected chi connectivity index (χ4v) is 2.31. The number of carbonyl (C=O) groups excluding carboxylic acids is 2.